The summed E-state index contributed by atoms with van der Waals surface area (Å²) >= 11 is 13.6. The van der Waals surface area contributed by atoms with Gasteiger partial charge in [-0.1, -0.05) is 37.0 Å². The van der Waals surface area contributed by atoms with Gasteiger partial charge in [0.25, 0.3) is 29.2 Å². The Morgan fingerprint density at radius 3 is 1.48 bits per heavy atom. The highest BCUT2D eigenvalue weighted by molar-refractivity contribution is 6.33. The smallest absolute Gasteiger partial charge is 0.294 e. The number of carbonyl (C=O) groups is 6. The fraction of sp³-hybridized carbons (Fsp3) is 0.450. The molecule has 4 aliphatic heterocycles. The molecule has 16 rings (SSSR count). The van der Waals surface area contributed by atoms with Crippen molar-refractivity contribution in [2.24, 2.45) is 36.8 Å². The van der Waals surface area contributed by atoms with Crippen LogP contribution in [-0.4, -0.2) is 164 Å². The Hall–Kier alpha value is -11.5. The average Bonchev–Trinajstić information content (AvgIpc) is 1.00. The maximum absolute atomic E-state index is 14.4. The zero-order valence-electron chi connectivity index (χ0n) is 64.7. The number of aromatic nitrogens is 12. The number of pyridine rings is 4. The van der Waals surface area contributed by atoms with E-state index in [0.717, 1.165) is 103 Å². The molecule has 594 valence electrons. The van der Waals surface area contributed by atoms with Gasteiger partial charge in [0.05, 0.1) is 70.4 Å². The van der Waals surface area contributed by atoms with Crippen LogP contribution in [0.3, 0.4) is 0 Å². The number of hydrogen-bond donors (Lipinski definition) is 5. The van der Waals surface area contributed by atoms with Crippen LogP contribution >= 0.6 is 23.2 Å². The minimum Gasteiger partial charge on any atom is -0.490 e. The van der Waals surface area contributed by atoms with Crippen LogP contribution in [0.1, 0.15) is 141 Å². The quantitative estimate of drug-likeness (QED) is 0.0330. The highest BCUT2D eigenvalue weighted by Gasteiger charge is 2.51. The second-order valence-corrected chi connectivity index (χ2v) is 32.9. The number of likely N-dealkylation sites (N-methyl/N-ethyl adjacent to an activating group) is 2. The van der Waals surface area contributed by atoms with Gasteiger partial charge in [0.15, 0.2) is 29.7 Å². The van der Waals surface area contributed by atoms with Crippen LogP contribution in [0.4, 0.5) is 34.9 Å². The normalized spacial score (nSPS) is 20.9. The Morgan fingerprint density at radius 2 is 1.05 bits per heavy atom. The van der Waals surface area contributed by atoms with Crippen molar-refractivity contribution in [3.63, 3.8) is 0 Å². The van der Waals surface area contributed by atoms with E-state index < -0.39 is 59.7 Å². The predicted molar refractivity (Wildman–Crippen MR) is 426 cm³/mol. The summed E-state index contributed by atoms with van der Waals surface area (Å²) in [6.07, 6.45) is 11.3. The first-order valence-electron chi connectivity index (χ1n) is 38.5. The number of nitrogens with one attached hydrogen (secondary N) is 5. The summed E-state index contributed by atoms with van der Waals surface area (Å²) < 4.78 is 32.1. The summed E-state index contributed by atoms with van der Waals surface area (Å²) in [5, 5.41) is 26.6. The van der Waals surface area contributed by atoms with Gasteiger partial charge in [-0.15, -0.1) is 0 Å². The van der Waals surface area contributed by atoms with E-state index in [1.165, 1.54) is 35.4 Å². The molecule has 6 amide bonds. The van der Waals surface area contributed by atoms with Gasteiger partial charge in [-0.2, -0.15) is 20.2 Å². The van der Waals surface area contributed by atoms with Crippen LogP contribution in [0.25, 0.3) is 43.9 Å². The maximum atomic E-state index is 14.4. The third kappa shape index (κ3) is 14.5. The molecule has 0 bridgehead atoms. The van der Waals surface area contributed by atoms with E-state index in [-0.39, 0.29) is 92.9 Å². The standard InChI is InChI=1S/C80H88Cl2N20O12/c1-40(2)101-69-44(23-46(31-84-69)88-67-54(81)33-86-77(92-67)99-36-79(37-99)21-19-58(42(5)29-79)112-48-11-13-50-56(27-48)97(9)94-65(50)52-15-17-62(103)90-71(52)106)25-60(74(101)109)111-35-64(105)96(8)76(73(108)83-7)114-61-26-45-24-47(32-85-70(45)102(41(3)4)75(61)110)89-68-55(82)34-87-78(93-68)100-38-80(39-100)22-20-59(43(6)30-80)113-49-12-14-51-57(28-49)98(10)95-66(51)53-16-18-63(104)91-72(53)107/h11-14,23-28,31-34,40-43,52-53,58-59,76H,15-22,29-30,35-39H2,1-10H3,(H,83,108)(H,86,88,92)(H,87,89,93)(H,90,103,106)(H,91,104,107)/t42-,43-,52?,53?,58-,59-,76?/m0/s1. The molecule has 2 saturated carbocycles. The monoisotopic (exact) mass is 1590 g/mol. The fourth-order valence-corrected chi connectivity index (χ4v) is 17.8. The molecule has 2 aromatic carbocycles. The van der Waals surface area contributed by atoms with Gasteiger partial charge in [0, 0.05) is 124 Å². The lowest BCUT2D eigenvalue weighted by molar-refractivity contribution is -0.149. The third-order valence-corrected chi connectivity index (χ3v) is 23.8. The molecule has 2 spiro atoms. The minimum atomic E-state index is -1.70. The SMILES string of the molecule is CNC(=O)C(Oc1cc2cc(Nc3nc(N4CC5(CC[C@H](Oc6ccc7c(C8CCC(=O)NC8=O)nn(C)c7c6)[C@@H](C)C5)C4)ncc3Cl)cnc2n(C(C)C)c1=O)N(C)C(=O)COc1cc2cc(Nc3nc(N4CC5(CC[C@H](Oc6ccc7c(C8CCC(=O)NC8=O)nn(C)c7c6)[C@@H](C)C5)C4)ncc3Cl)cnc2n(C(C)C)c1=O. The van der Waals surface area contributed by atoms with E-state index in [4.69, 9.17) is 72.3 Å². The van der Waals surface area contributed by atoms with Crippen molar-refractivity contribution in [3.05, 3.63) is 128 Å². The summed E-state index contributed by atoms with van der Waals surface area (Å²) in [5.74, 6) is -0.556. The first-order valence-corrected chi connectivity index (χ1v) is 39.2. The number of carbonyl (C=O) groups excluding carboxylic acids is 6. The summed E-state index contributed by atoms with van der Waals surface area (Å²) in [7, 11) is 6.38. The number of rotatable bonds is 21. The maximum Gasteiger partial charge on any atom is 0.294 e. The summed E-state index contributed by atoms with van der Waals surface area (Å²) in [6, 6.07) is 17.3. The van der Waals surface area contributed by atoms with E-state index in [1.54, 1.807) is 60.1 Å². The summed E-state index contributed by atoms with van der Waals surface area (Å²) in [5.41, 5.74) is 3.51. The molecule has 8 aromatic heterocycles. The number of nitrogens with zero attached hydrogens (tertiary/aromatic N) is 15. The Balaban J connectivity index is 0.547. The molecule has 114 heavy (non-hydrogen) atoms. The lowest BCUT2D eigenvalue weighted by Crippen LogP contribution is -2.60. The number of fused-ring (bicyclic) bond motifs is 4. The molecular weight excluding hydrogens is 1500 g/mol. The van der Waals surface area contributed by atoms with Crippen LogP contribution in [0, 0.1) is 22.7 Å². The van der Waals surface area contributed by atoms with Crippen LogP contribution < -0.4 is 66.4 Å². The molecule has 2 aliphatic carbocycles. The number of hydrogen-bond acceptors (Lipinski definition) is 24. The molecular formula is C80H88Cl2N20O12. The van der Waals surface area contributed by atoms with Crippen LogP contribution in [0.15, 0.2) is 95.0 Å². The number of benzene rings is 2. The predicted octanol–water partition coefficient (Wildman–Crippen LogP) is 9.59. The summed E-state index contributed by atoms with van der Waals surface area (Å²) in [4.78, 5) is 140. The molecule has 10 aromatic rings. The minimum absolute atomic E-state index is 0.0127. The van der Waals surface area contributed by atoms with Crippen molar-refractivity contribution < 1.29 is 47.7 Å². The number of anilines is 6. The number of halogens is 2. The van der Waals surface area contributed by atoms with Gasteiger partial charge >= 0.3 is 0 Å². The third-order valence-electron chi connectivity index (χ3n) is 23.3. The molecule has 34 heteroatoms. The topological polar surface area (TPSA) is 366 Å². The fourth-order valence-electron chi connectivity index (χ4n) is 17.6. The largest absolute Gasteiger partial charge is 0.490 e. The van der Waals surface area contributed by atoms with Crippen LogP contribution in [0.5, 0.6) is 23.0 Å². The first kappa shape index (κ1) is 76.4. The van der Waals surface area contributed by atoms with Crippen molar-refractivity contribution in [1.29, 1.82) is 0 Å². The average molecular weight is 1590 g/mol. The number of ether oxygens (including phenoxy) is 4. The molecule has 4 saturated heterocycles. The van der Waals surface area contributed by atoms with Crippen molar-refractivity contribution >= 4 is 137 Å². The van der Waals surface area contributed by atoms with E-state index in [0.29, 0.717) is 81.2 Å². The van der Waals surface area contributed by atoms with E-state index in [1.807, 2.05) is 64.3 Å². The van der Waals surface area contributed by atoms with Gasteiger partial charge in [0.2, 0.25) is 35.5 Å². The number of piperidine rings is 2. The Labute approximate surface area is 664 Å². The Kier molecular flexibility index (Phi) is 20.2. The lowest BCUT2D eigenvalue weighted by Gasteiger charge is -2.55. The van der Waals surface area contributed by atoms with Gasteiger partial charge in [-0.05, 0) is 139 Å². The number of aryl methyl sites for hydroxylation is 2. The van der Waals surface area contributed by atoms with Gasteiger partial charge < -0.3 is 44.7 Å². The van der Waals surface area contributed by atoms with Crippen molar-refractivity contribution in [3.8, 4) is 23.0 Å². The zero-order chi connectivity index (χ0) is 80.1. The Bertz CT molecular complexity index is 5710. The highest BCUT2D eigenvalue weighted by atomic mass is 35.5. The van der Waals surface area contributed by atoms with Gasteiger partial charge in [-0.3, -0.25) is 72.4 Å². The van der Waals surface area contributed by atoms with Crippen LogP contribution in [-0.2, 0) is 42.9 Å². The van der Waals surface area contributed by atoms with Crippen LogP contribution in [0.2, 0.25) is 10.0 Å². The lowest BCUT2D eigenvalue weighted by atomic mass is 9.64. The van der Waals surface area contributed by atoms with Gasteiger partial charge in [-0.25, -0.2) is 19.9 Å². The second kappa shape index (κ2) is 30.1. The molecule has 32 nitrogen and oxygen atoms in total. The van der Waals surface area contributed by atoms with Gasteiger partial charge in [0.1, 0.15) is 45.0 Å². The molecule has 0 radical (unpaired) electrons. The van der Waals surface area contributed by atoms with Crippen molar-refractivity contribution in [1.82, 2.24) is 79.4 Å². The molecule has 12 heterocycles. The van der Waals surface area contributed by atoms with Crippen molar-refractivity contribution in [2.75, 3.05) is 67.3 Å². The second-order valence-electron chi connectivity index (χ2n) is 32.0. The van der Waals surface area contributed by atoms with E-state index >= 15 is 0 Å². The molecule has 3 unspecified atom stereocenters. The molecule has 6 aliphatic rings. The highest BCUT2D eigenvalue weighted by Crippen LogP contribution is 2.50. The number of amides is 6. The first-order chi connectivity index (χ1) is 54.6. The number of imide groups is 2. The van der Waals surface area contributed by atoms with Crippen molar-refractivity contribution in [2.45, 2.75) is 148 Å². The molecule has 6 fully saturated rings. The zero-order valence-corrected chi connectivity index (χ0v) is 66.3. The summed E-state index contributed by atoms with van der Waals surface area (Å²) in [6.45, 7) is 13.9. The molecule has 5 N–H and O–H groups in total. The Morgan fingerprint density at radius 1 is 0.605 bits per heavy atom. The van der Waals surface area contributed by atoms with E-state index in [9.17, 15) is 38.4 Å². The molecule has 7 atom stereocenters. The van der Waals surface area contributed by atoms with E-state index in [2.05, 4.69) is 60.2 Å².